The molecule has 1 aromatic rings. The standard InChI is InChI=1S/C26H36N4O2/c1-25-11-9-20-18(6-8-21-26(20,2)12-10-24(32)30(21)3)19(25)7-5-17(25)15-23(31)29-16-22-27-13-4-14-28-22/h4,10,12-14,17-21H,5-9,11,15-16H2,1-3H3,(H,29,31)/t17-,18?,19?,20?,21?,25-,26-/m1/s1. The maximum atomic E-state index is 12.8. The molecule has 0 saturated heterocycles. The quantitative estimate of drug-likeness (QED) is 0.780. The van der Waals surface area contributed by atoms with Gasteiger partial charge in [0.25, 0.3) is 0 Å². The largest absolute Gasteiger partial charge is 0.349 e. The van der Waals surface area contributed by atoms with Crippen LogP contribution in [0.25, 0.3) is 0 Å². The van der Waals surface area contributed by atoms with Crippen LogP contribution in [0.2, 0.25) is 0 Å². The van der Waals surface area contributed by atoms with Crippen molar-refractivity contribution in [1.29, 1.82) is 0 Å². The highest BCUT2D eigenvalue weighted by Crippen LogP contribution is 2.65. The molecule has 2 heterocycles. The number of aromatic nitrogens is 2. The first-order valence-corrected chi connectivity index (χ1v) is 12.3. The van der Waals surface area contributed by atoms with Crippen molar-refractivity contribution in [3.63, 3.8) is 0 Å². The summed E-state index contributed by atoms with van der Waals surface area (Å²) < 4.78 is 0. The van der Waals surface area contributed by atoms with E-state index in [-0.39, 0.29) is 22.6 Å². The molecule has 1 N–H and O–H groups in total. The summed E-state index contributed by atoms with van der Waals surface area (Å²) in [5, 5.41) is 3.04. The third kappa shape index (κ3) is 3.37. The third-order valence-corrected chi connectivity index (χ3v) is 9.82. The lowest BCUT2D eigenvalue weighted by Gasteiger charge is -2.60. The minimum Gasteiger partial charge on any atom is -0.349 e. The van der Waals surface area contributed by atoms with E-state index in [9.17, 15) is 9.59 Å². The fourth-order valence-corrected chi connectivity index (χ4v) is 8.08. The van der Waals surface area contributed by atoms with Gasteiger partial charge in [0, 0.05) is 37.3 Å². The molecule has 7 atom stereocenters. The summed E-state index contributed by atoms with van der Waals surface area (Å²) in [4.78, 5) is 35.4. The van der Waals surface area contributed by atoms with E-state index in [0.717, 1.165) is 12.8 Å². The van der Waals surface area contributed by atoms with Crippen molar-refractivity contribution in [3.8, 4) is 0 Å². The van der Waals surface area contributed by atoms with E-state index in [1.807, 2.05) is 18.0 Å². The number of fused-ring (bicyclic) bond motifs is 5. The van der Waals surface area contributed by atoms with Gasteiger partial charge in [-0.15, -0.1) is 0 Å². The molecule has 3 fully saturated rings. The van der Waals surface area contributed by atoms with Crippen molar-refractivity contribution in [2.24, 2.45) is 34.5 Å². The first-order valence-electron chi connectivity index (χ1n) is 12.3. The molecule has 4 unspecified atom stereocenters. The highest BCUT2D eigenvalue weighted by atomic mass is 16.2. The minimum absolute atomic E-state index is 0.0814. The van der Waals surface area contributed by atoms with Gasteiger partial charge in [0.15, 0.2) is 0 Å². The van der Waals surface area contributed by atoms with Crippen LogP contribution in [-0.2, 0) is 16.1 Å². The average molecular weight is 437 g/mol. The van der Waals surface area contributed by atoms with Crippen LogP contribution in [0.1, 0.15) is 64.6 Å². The van der Waals surface area contributed by atoms with Crippen LogP contribution in [0, 0.1) is 34.5 Å². The minimum atomic E-state index is 0.0814. The van der Waals surface area contributed by atoms with Crippen LogP contribution in [0.15, 0.2) is 30.6 Å². The number of rotatable bonds is 4. The van der Waals surface area contributed by atoms with Gasteiger partial charge in [-0.05, 0) is 79.8 Å². The van der Waals surface area contributed by atoms with Crippen LogP contribution < -0.4 is 5.32 Å². The highest BCUT2D eigenvalue weighted by molar-refractivity contribution is 5.89. The second kappa shape index (κ2) is 7.96. The Balaban J connectivity index is 1.27. The first kappa shape index (κ1) is 21.6. The van der Waals surface area contributed by atoms with E-state index in [1.165, 1.54) is 25.7 Å². The molecule has 6 heteroatoms. The fraction of sp³-hybridized carbons (Fsp3) is 0.692. The van der Waals surface area contributed by atoms with Crippen molar-refractivity contribution < 1.29 is 9.59 Å². The monoisotopic (exact) mass is 436 g/mol. The zero-order valence-electron chi connectivity index (χ0n) is 19.6. The molecule has 172 valence electrons. The van der Waals surface area contributed by atoms with Crippen LogP contribution in [0.5, 0.6) is 0 Å². The van der Waals surface area contributed by atoms with Crippen molar-refractivity contribution in [2.75, 3.05) is 7.05 Å². The van der Waals surface area contributed by atoms with E-state index in [0.29, 0.717) is 48.5 Å². The predicted octanol–water partition coefficient (Wildman–Crippen LogP) is 3.74. The number of carbonyl (C=O) groups excluding carboxylic acids is 2. The molecule has 0 spiro atoms. The van der Waals surface area contributed by atoms with Gasteiger partial charge in [-0.3, -0.25) is 9.59 Å². The molecular weight excluding hydrogens is 400 g/mol. The smallest absolute Gasteiger partial charge is 0.246 e. The lowest BCUT2D eigenvalue weighted by atomic mass is 9.47. The maximum absolute atomic E-state index is 12.8. The Hall–Kier alpha value is -2.24. The summed E-state index contributed by atoms with van der Waals surface area (Å²) in [5.41, 5.74) is 0.323. The lowest BCUT2D eigenvalue weighted by Crippen LogP contribution is -2.59. The average Bonchev–Trinajstić information content (AvgIpc) is 3.12. The molecule has 1 aromatic heterocycles. The van der Waals surface area contributed by atoms with Gasteiger partial charge < -0.3 is 10.2 Å². The summed E-state index contributed by atoms with van der Waals surface area (Å²) in [6, 6.07) is 2.11. The topological polar surface area (TPSA) is 75.2 Å². The molecule has 1 aliphatic heterocycles. The van der Waals surface area contributed by atoms with E-state index in [2.05, 4.69) is 35.2 Å². The molecule has 6 nitrogen and oxygen atoms in total. The molecule has 0 bridgehead atoms. The van der Waals surface area contributed by atoms with Crippen LogP contribution >= 0.6 is 0 Å². The summed E-state index contributed by atoms with van der Waals surface area (Å²) in [6.45, 7) is 5.25. The number of nitrogens with one attached hydrogen (secondary N) is 1. The van der Waals surface area contributed by atoms with Crippen molar-refractivity contribution in [2.45, 2.75) is 71.4 Å². The number of likely N-dealkylation sites (N-methyl/N-ethyl adjacent to an activating group) is 1. The molecule has 0 aromatic carbocycles. The molecule has 32 heavy (non-hydrogen) atoms. The Labute approximate surface area is 191 Å². The number of carbonyl (C=O) groups is 2. The number of nitrogens with zero attached hydrogens (tertiary/aromatic N) is 3. The Morgan fingerprint density at radius 2 is 1.91 bits per heavy atom. The normalized spacial score (nSPS) is 40.4. The van der Waals surface area contributed by atoms with E-state index < -0.39 is 0 Å². The first-order chi connectivity index (χ1) is 15.3. The Morgan fingerprint density at radius 3 is 2.69 bits per heavy atom. The second-order valence-corrected chi connectivity index (χ2v) is 11.1. The highest BCUT2D eigenvalue weighted by Gasteiger charge is 2.60. The van der Waals surface area contributed by atoms with E-state index in [1.54, 1.807) is 18.5 Å². The van der Waals surface area contributed by atoms with Crippen molar-refractivity contribution in [3.05, 3.63) is 36.4 Å². The van der Waals surface area contributed by atoms with Gasteiger partial charge in [0.05, 0.1) is 6.54 Å². The Morgan fingerprint density at radius 1 is 1.12 bits per heavy atom. The maximum Gasteiger partial charge on any atom is 0.246 e. The summed E-state index contributed by atoms with van der Waals surface area (Å²) in [5.74, 6) is 3.40. The fourth-order valence-electron chi connectivity index (χ4n) is 8.08. The predicted molar refractivity (Wildman–Crippen MR) is 122 cm³/mol. The number of hydrogen-bond acceptors (Lipinski definition) is 4. The van der Waals surface area contributed by atoms with Gasteiger partial charge in [-0.25, -0.2) is 9.97 Å². The Kier molecular flexibility index (Phi) is 5.37. The zero-order chi connectivity index (χ0) is 22.5. The van der Waals surface area contributed by atoms with Crippen molar-refractivity contribution >= 4 is 11.8 Å². The number of amides is 2. The third-order valence-electron chi connectivity index (χ3n) is 9.82. The van der Waals surface area contributed by atoms with Gasteiger partial charge in [-0.2, -0.15) is 0 Å². The molecule has 5 rings (SSSR count). The number of hydrogen-bond donors (Lipinski definition) is 1. The molecule has 3 saturated carbocycles. The molecule has 2 amide bonds. The SMILES string of the molecule is CN1C(=O)C=C[C@]2(C)C3CC[C@@]4(C)C(CC[C@@H]4CC(=O)NCc4ncccn4)C3CCC12. The zero-order valence-corrected chi connectivity index (χ0v) is 19.6. The van der Waals surface area contributed by atoms with Crippen LogP contribution in [0.4, 0.5) is 0 Å². The summed E-state index contributed by atoms with van der Waals surface area (Å²) in [6.07, 6.45) is 15.1. The second-order valence-electron chi connectivity index (χ2n) is 11.1. The van der Waals surface area contributed by atoms with Gasteiger partial charge in [0.1, 0.15) is 5.82 Å². The summed E-state index contributed by atoms with van der Waals surface area (Å²) in [7, 11) is 1.98. The molecule has 4 aliphatic rings. The summed E-state index contributed by atoms with van der Waals surface area (Å²) >= 11 is 0. The molecule has 0 radical (unpaired) electrons. The van der Waals surface area contributed by atoms with Gasteiger partial charge >= 0.3 is 0 Å². The van der Waals surface area contributed by atoms with Crippen LogP contribution in [0.3, 0.4) is 0 Å². The van der Waals surface area contributed by atoms with Crippen LogP contribution in [-0.4, -0.2) is 39.8 Å². The van der Waals surface area contributed by atoms with E-state index in [4.69, 9.17) is 0 Å². The van der Waals surface area contributed by atoms with E-state index >= 15 is 0 Å². The van der Waals surface area contributed by atoms with Gasteiger partial charge in [-0.1, -0.05) is 19.9 Å². The molecular formula is C26H36N4O2. The Bertz CT molecular complexity index is 918. The lowest BCUT2D eigenvalue weighted by molar-refractivity contribution is -0.139. The van der Waals surface area contributed by atoms with Gasteiger partial charge in [0.2, 0.25) is 11.8 Å². The van der Waals surface area contributed by atoms with Crippen molar-refractivity contribution in [1.82, 2.24) is 20.2 Å². The molecule has 3 aliphatic carbocycles.